The lowest BCUT2D eigenvalue weighted by molar-refractivity contribution is -0.158. The van der Waals surface area contributed by atoms with Crippen molar-refractivity contribution in [2.45, 2.75) is 37.7 Å². The first-order valence-electron chi connectivity index (χ1n) is 8.24. The van der Waals surface area contributed by atoms with E-state index in [1.54, 1.807) is 0 Å². The van der Waals surface area contributed by atoms with Gasteiger partial charge in [0.05, 0.1) is 11.4 Å². The van der Waals surface area contributed by atoms with E-state index in [4.69, 9.17) is 18.4 Å². The summed E-state index contributed by atoms with van der Waals surface area (Å²) in [7, 11) is -3.54. The van der Waals surface area contributed by atoms with Crippen LogP contribution in [0, 0.1) is 17.8 Å². The number of rotatable bonds is 7. The Morgan fingerprint density at radius 1 is 1.20 bits per heavy atom. The first-order chi connectivity index (χ1) is 11.7. The molecule has 2 aliphatic carbocycles. The summed E-state index contributed by atoms with van der Waals surface area (Å²) in [5.74, 6) is -1.16. The predicted octanol–water partition coefficient (Wildman–Crippen LogP) is 0.417. The van der Waals surface area contributed by atoms with E-state index >= 15 is 0 Å². The van der Waals surface area contributed by atoms with Crippen molar-refractivity contribution in [1.82, 2.24) is 0 Å². The standard InChI is InChI=1S/C16H22O8S/c1-8(2)16(18)22-5-4-21-12(17)7-23-13-10-6-11-14(13)24-25(19,20)15(11)9(10)3/h9-11,13-15H,1,4-7H2,2-3H3. The molecule has 6 unspecified atom stereocenters. The Balaban J connectivity index is 1.43. The predicted molar refractivity (Wildman–Crippen MR) is 84.8 cm³/mol. The normalized spacial score (nSPS) is 37.0. The Morgan fingerprint density at radius 3 is 2.56 bits per heavy atom. The molecule has 0 radical (unpaired) electrons. The van der Waals surface area contributed by atoms with Crippen molar-refractivity contribution in [2.75, 3.05) is 19.8 Å². The van der Waals surface area contributed by atoms with Crippen molar-refractivity contribution in [1.29, 1.82) is 0 Å². The molecule has 3 rings (SSSR count). The molecule has 0 N–H and O–H groups in total. The molecule has 0 aromatic carbocycles. The molecule has 1 heterocycles. The van der Waals surface area contributed by atoms with Crippen molar-refractivity contribution in [3.63, 3.8) is 0 Å². The van der Waals surface area contributed by atoms with Crippen LogP contribution in [0.25, 0.3) is 0 Å². The topological polar surface area (TPSA) is 105 Å². The number of hydrogen-bond acceptors (Lipinski definition) is 8. The third-order valence-corrected chi connectivity index (χ3v) is 7.16. The molecule has 0 spiro atoms. The Morgan fingerprint density at radius 2 is 1.88 bits per heavy atom. The quantitative estimate of drug-likeness (QED) is 0.273. The van der Waals surface area contributed by atoms with E-state index in [1.165, 1.54) is 6.92 Å². The van der Waals surface area contributed by atoms with Gasteiger partial charge >= 0.3 is 11.9 Å². The third-order valence-electron chi connectivity index (χ3n) is 5.23. The number of carbonyl (C=O) groups is 2. The molecule has 0 aromatic heterocycles. The molecule has 140 valence electrons. The van der Waals surface area contributed by atoms with Gasteiger partial charge in [0, 0.05) is 11.5 Å². The van der Waals surface area contributed by atoms with Crippen LogP contribution in [0.5, 0.6) is 0 Å². The number of esters is 2. The summed E-state index contributed by atoms with van der Waals surface area (Å²) in [6.45, 7) is 6.42. The summed E-state index contributed by atoms with van der Waals surface area (Å²) in [5, 5.41) is -0.447. The Hall–Kier alpha value is -1.45. The van der Waals surface area contributed by atoms with Gasteiger partial charge in [0.15, 0.2) is 0 Å². The fraction of sp³-hybridized carbons (Fsp3) is 0.750. The second-order valence-electron chi connectivity index (χ2n) is 6.85. The molecule has 1 aliphatic heterocycles. The van der Waals surface area contributed by atoms with Gasteiger partial charge in [0.2, 0.25) is 0 Å². The first kappa shape index (κ1) is 18.3. The molecule has 2 saturated carbocycles. The van der Waals surface area contributed by atoms with Crippen LogP contribution >= 0.6 is 0 Å². The van der Waals surface area contributed by atoms with Gasteiger partial charge in [-0.05, 0) is 25.2 Å². The maximum absolute atomic E-state index is 12.0. The minimum atomic E-state index is -3.54. The molecule has 2 bridgehead atoms. The zero-order chi connectivity index (χ0) is 18.4. The summed E-state index contributed by atoms with van der Waals surface area (Å²) < 4.78 is 44.6. The molecule has 1 saturated heterocycles. The van der Waals surface area contributed by atoms with Gasteiger partial charge in [0.25, 0.3) is 10.1 Å². The van der Waals surface area contributed by atoms with Crippen LogP contribution in [0.4, 0.5) is 0 Å². The van der Waals surface area contributed by atoms with Gasteiger partial charge in [-0.2, -0.15) is 8.42 Å². The number of hydrogen-bond donors (Lipinski definition) is 0. The maximum Gasteiger partial charge on any atom is 0.333 e. The lowest BCUT2D eigenvalue weighted by Gasteiger charge is -2.29. The molecule has 3 aliphatic rings. The molecular formula is C16H22O8S. The van der Waals surface area contributed by atoms with E-state index in [2.05, 4.69) is 6.58 Å². The molecule has 8 nitrogen and oxygen atoms in total. The maximum atomic E-state index is 12.0. The van der Waals surface area contributed by atoms with Crippen molar-refractivity contribution < 1.29 is 36.4 Å². The highest BCUT2D eigenvalue weighted by Crippen LogP contribution is 2.58. The van der Waals surface area contributed by atoms with Crippen molar-refractivity contribution >= 4 is 22.1 Å². The fourth-order valence-electron chi connectivity index (χ4n) is 4.20. The summed E-state index contributed by atoms with van der Waals surface area (Å²) in [6.07, 6.45) is -0.172. The molecule has 6 atom stereocenters. The summed E-state index contributed by atoms with van der Waals surface area (Å²) in [5.41, 5.74) is 0.268. The monoisotopic (exact) mass is 374 g/mol. The molecule has 3 fully saturated rings. The van der Waals surface area contributed by atoms with Gasteiger partial charge in [0.1, 0.15) is 25.9 Å². The number of carbonyl (C=O) groups excluding carboxylic acids is 2. The van der Waals surface area contributed by atoms with Crippen LogP contribution in [0.1, 0.15) is 20.3 Å². The number of ether oxygens (including phenoxy) is 3. The molecule has 0 aromatic rings. The molecular weight excluding hydrogens is 352 g/mol. The van der Waals surface area contributed by atoms with Gasteiger partial charge < -0.3 is 14.2 Å². The van der Waals surface area contributed by atoms with Crippen LogP contribution < -0.4 is 0 Å². The minimum absolute atomic E-state index is 0.0451. The average molecular weight is 374 g/mol. The van der Waals surface area contributed by atoms with Crippen LogP contribution in [-0.4, -0.2) is 57.6 Å². The Labute approximate surface area is 146 Å². The first-order valence-corrected chi connectivity index (χ1v) is 9.71. The Bertz CT molecular complexity index is 684. The summed E-state index contributed by atoms with van der Waals surface area (Å²) in [6, 6.07) is 0. The fourth-order valence-corrected chi connectivity index (χ4v) is 6.31. The summed E-state index contributed by atoms with van der Waals surface area (Å²) >= 11 is 0. The Kier molecular flexibility index (Phi) is 4.91. The average Bonchev–Trinajstić information content (AvgIpc) is 3.10. The van der Waals surface area contributed by atoms with E-state index in [9.17, 15) is 18.0 Å². The van der Waals surface area contributed by atoms with Crippen LogP contribution in [0.3, 0.4) is 0 Å². The van der Waals surface area contributed by atoms with Crippen LogP contribution in [0.15, 0.2) is 12.2 Å². The minimum Gasteiger partial charge on any atom is -0.460 e. The largest absolute Gasteiger partial charge is 0.460 e. The molecule has 25 heavy (non-hydrogen) atoms. The second kappa shape index (κ2) is 6.69. The van der Waals surface area contributed by atoms with Crippen LogP contribution in [0.2, 0.25) is 0 Å². The van der Waals surface area contributed by atoms with Gasteiger partial charge in [-0.3, -0.25) is 4.18 Å². The van der Waals surface area contributed by atoms with Gasteiger partial charge in [-0.25, -0.2) is 9.59 Å². The highest BCUT2D eigenvalue weighted by Gasteiger charge is 2.67. The highest BCUT2D eigenvalue weighted by molar-refractivity contribution is 7.87. The highest BCUT2D eigenvalue weighted by atomic mass is 32.2. The lowest BCUT2D eigenvalue weighted by atomic mass is 9.86. The second-order valence-corrected chi connectivity index (χ2v) is 8.58. The van der Waals surface area contributed by atoms with Crippen molar-refractivity contribution in [2.24, 2.45) is 17.8 Å². The lowest BCUT2D eigenvalue weighted by Crippen LogP contribution is -2.41. The molecule has 9 heteroatoms. The SMILES string of the molecule is C=C(C)C(=O)OCCOC(=O)COC1C2CC3C1OS(=O)(=O)C3C2C. The van der Waals surface area contributed by atoms with E-state index in [0.717, 1.165) is 6.42 Å². The van der Waals surface area contributed by atoms with Crippen LogP contribution in [-0.2, 0) is 38.1 Å². The van der Waals surface area contributed by atoms with Gasteiger partial charge in [-0.15, -0.1) is 0 Å². The summed E-state index contributed by atoms with van der Waals surface area (Å²) in [4.78, 5) is 22.9. The van der Waals surface area contributed by atoms with Gasteiger partial charge in [-0.1, -0.05) is 13.5 Å². The zero-order valence-electron chi connectivity index (χ0n) is 14.2. The molecule has 0 amide bonds. The van der Waals surface area contributed by atoms with Crippen molar-refractivity contribution in [3.8, 4) is 0 Å². The van der Waals surface area contributed by atoms with Crippen molar-refractivity contribution in [3.05, 3.63) is 12.2 Å². The third kappa shape index (κ3) is 3.32. The zero-order valence-corrected chi connectivity index (χ0v) is 15.0. The number of fused-ring (bicyclic) bond motifs is 1. The van der Waals surface area contributed by atoms with E-state index < -0.39 is 39.5 Å². The smallest absolute Gasteiger partial charge is 0.333 e. The van der Waals surface area contributed by atoms with E-state index in [-0.39, 0.29) is 43.1 Å². The van der Waals surface area contributed by atoms with E-state index in [0.29, 0.717) is 0 Å². The van der Waals surface area contributed by atoms with E-state index in [1.807, 2.05) is 6.92 Å².